The highest BCUT2D eigenvalue weighted by Crippen LogP contribution is 2.01. The van der Waals surface area contributed by atoms with Gasteiger partial charge < -0.3 is 0 Å². The first-order valence-electron chi connectivity index (χ1n) is 2.74. The Balaban J connectivity index is 3.00. The molecule has 1 N–H and O–H groups in total. The lowest BCUT2D eigenvalue weighted by Crippen LogP contribution is -2.10. The second-order valence-electron chi connectivity index (χ2n) is 1.62. The van der Waals surface area contributed by atoms with Gasteiger partial charge in [-0.1, -0.05) is 0 Å². The number of hydrazone groups is 1. The maximum absolute atomic E-state index is 8.38. The topological polar surface area (TPSA) is 84.3 Å². The highest BCUT2D eigenvalue weighted by molar-refractivity contribution is 6.16. The molecule has 1 rings (SSSR count). The van der Waals surface area contributed by atoms with Crippen LogP contribution >= 0.6 is 0 Å². The fourth-order valence-electron chi connectivity index (χ4n) is 0.520. The lowest BCUT2D eigenvalue weighted by atomic mass is 10.3. The van der Waals surface area contributed by atoms with Crippen LogP contribution in [0.1, 0.15) is 0 Å². The molecule has 0 bridgehead atoms. The van der Waals surface area contributed by atoms with E-state index in [-0.39, 0.29) is 11.4 Å². The van der Waals surface area contributed by atoms with Crippen LogP contribution in [0.3, 0.4) is 0 Å². The predicted molar refractivity (Wildman–Crippen MR) is 38.4 cm³/mol. The van der Waals surface area contributed by atoms with Gasteiger partial charge in [-0.2, -0.15) is 15.6 Å². The van der Waals surface area contributed by atoms with Crippen molar-refractivity contribution in [3.05, 3.63) is 11.4 Å². The number of hydrogen-bond acceptors (Lipinski definition) is 5. The zero-order valence-electron chi connectivity index (χ0n) is 5.44. The van der Waals surface area contributed by atoms with Crippen LogP contribution in [0.4, 0.5) is 0 Å². The molecule has 11 heavy (non-hydrogen) atoms. The lowest BCUT2D eigenvalue weighted by molar-refractivity contribution is 0.866. The molecule has 1 aliphatic rings. The average molecular weight is 145 g/mol. The van der Waals surface area contributed by atoms with Gasteiger partial charge in [0.05, 0.1) is 6.21 Å². The highest BCUT2D eigenvalue weighted by Gasteiger charge is 2.03. The number of allylic oxidation sites excluding steroid dienone is 1. The van der Waals surface area contributed by atoms with Crippen molar-refractivity contribution in [3.63, 3.8) is 0 Å². The largest absolute Gasteiger partial charge is 0.260 e. The molecule has 0 saturated carbocycles. The van der Waals surface area contributed by atoms with Crippen molar-refractivity contribution >= 4 is 12.4 Å². The van der Waals surface area contributed by atoms with Gasteiger partial charge in [0, 0.05) is 6.21 Å². The molecule has 52 valence electrons. The smallest absolute Gasteiger partial charge is 0.175 e. The van der Waals surface area contributed by atoms with Crippen LogP contribution in [-0.2, 0) is 0 Å². The van der Waals surface area contributed by atoms with Crippen molar-refractivity contribution in [3.8, 4) is 12.1 Å². The zero-order valence-corrected chi connectivity index (χ0v) is 5.44. The summed E-state index contributed by atoms with van der Waals surface area (Å²) in [6.07, 6.45) is 2.83. The summed E-state index contributed by atoms with van der Waals surface area (Å²) in [5.74, 6) is 0.192. The van der Waals surface area contributed by atoms with Gasteiger partial charge in [0.1, 0.15) is 12.1 Å². The Bertz CT molecular complexity index is 306. The van der Waals surface area contributed by atoms with Gasteiger partial charge in [-0.15, -0.1) is 0 Å². The molecule has 0 saturated heterocycles. The average Bonchev–Trinajstić information content (AvgIpc) is 2.09. The van der Waals surface area contributed by atoms with Crippen LogP contribution in [0.25, 0.3) is 0 Å². The van der Waals surface area contributed by atoms with Gasteiger partial charge in [-0.3, -0.25) is 5.43 Å². The fraction of sp³-hybridized carbons (Fsp3) is 0. The quantitative estimate of drug-likeness (QED) is 0.483. The minimum absolute atomic E-state index is 0.0712. The SMILES string of the molecule is N#CC(C#N)=C1N=CC=NN1. The van der Waals surface area contributed by atoms with E-state index in [9.17, 15) is 0 Å². The Morgan fingerprint density at radius 3 is 2.55 bits per heavy atom. The third-order valence-electron chi connectivity index (χ3n) is 0.976. The van der Waals surface area contributed by atoms with Crippen LogP contribution in [0.2, 0.25) is 0 Å². The molecule has 0 fully saturated rings. The van der Waals surface area contributed by atoms with Crippen molar-refractivity contribution in [2.75, 3.05) is 0 Å². The number of nitriles is 2. The minimum Gasteiger partial charge on any atom is -0.260 e. The summed E-state index contributed by atoms with van der Waals surface area (Å²) in [4.78, 5) is 3.72. The van der Waals surface area contributed by atoms with E-state index in [1.54, 1.807) is 12.1 Å². The lowest BCUT2D eigenvalue weighted by Gasteiger charge is -2.01. The molecular weight excluding hydrogens is 142 g/mol. The molecule has 5 nitrogen and oxygen atoms in total. The van der Waals surface area contributed by atoms with E-state index < -0.39 is 0 Å². The number of nitrogens with zero attached hydrogens (tertiary/aromatic N) is 4. The van der Waals surface area contributed by atoms with Gasteiger partial charge in [-0.05, 0) is 0 Å². The molecule has 0 atom stereocenters. The minimum atomic E-state index is -0.0712. The molecule has 1 aliphatic heterocycles. The maximum atomic E-state index is 8.38. The molecule has 0 spiro atoms. The van der Waals surface area contributed by atoms with E-state index in [0.717, 1.165) is 0 Å². The molecule has 1 heterocycles. The number of rotatable bonds is 0. The summed E-state index contributed by atoms with van der Waals surface area (Å²) in [5, 5.41) is 20.4. The van der Waals surface area contributed by atoms with Gasteiger partial charge in [0.25, 0.3) is 0 Å². The van der Waals surface area contributed by atoms with Crippen LogP contribution in [0, 0.1) is 22.7 Å². The van der Waals surface area contributed by atoms with E-state index in [0.29, 0.717) is 0 Å². The first-order valence-corrected chi connectivity index (χ1v) is 2.74. The van der Waals surface area contributed by atoms with Gasteiger partial charge in [0.15, 0.2) is 11.4 Å². The van der Waals surface area contributed by atoms with Crippen LogP contribution in [-0.4, -0.2) is 12.4 Å². The molecule has 0 unspecified atom stereocenters. The van der Waals surface area contributed by atoms with Gasteiger partial charge >= 0.3 is 0 Å². The van der Waals surface area contributed by atoms with Crippen LogP contribution in [0.5, 0.6) is 0 Å². The molecule has 0 radical (unpaired) electrons. The maximum Gasteiger partial charge on any atom is 0.175 e. The summed E-state index contributed by atoms with van der Waals surface area (Å²) in [6.45, 7) is 0. The molecule has 0 aromatic carbocycles. The van der Waals surface area contributed by atoms with Crippen molar-refractivity contribution in [1.82, 2.24) is 5.43 Å². The third-order valence-corrected chi connectivity index (χ3v) is 0.976. The summed E-state index contributed by atoms with van der Waals surface area (Å²) >= 11 is 0. The van der Waals surface area contributed by atoms with Crippen molar-refractivity contribution in [2.24, 2.45) is 10.1 Å². The Morgan fingerprint density at radius 2 is 2.09 bits per heavy atom. The molecule has 0 aromatic rings. The Hall–Kier alpha value is -2.14. The first-order chi connectivity index (χ1) is 5.38. The van der Waals surface area contributed by atoms with E-state index >= 15 is 0 Å². The first kappa shape index (κ1) is 6.97. The predicted octanol–water partition coefficient (Wildman–Crippen LogP) is -0.0950. The molecule has 0 amide bonds. The third kappa shape index (κ3) is 1.41. The van der Waals surface area contributed by atoms with Gasteiger partial charge in [-0.25, -0.2) is 4.99 Å². The number of nitrogens with one attached hydrogen (secondary N) is 1. The van der Waals surface area contributed by atoms with Crippen molar-refractivity contribution in [2.45, 2.75) is 0 Å². The zero-order chi connectivity index (χ0) is 8.10. The molecule has 5 heteroatoms. The molecule has 0 aromatic heterocycles. The van der Waals surface area contributed by atoms with Crippen LogP contribution in [0.15, 0.2) is 21.5 Å². The second-order valence-corrected chi connectivity index (χ2v) is 1.62. The molecular formula is C6H3N5. The van der Waals surface area contributed by atoms with E-state index in [2.05, 4.69) is 15.5 Å². The Labute approximate surface area is 63.0 Å². The Morgan fingerprint density at radius 1 is 1.36 bits per heavy atom. The number of aliphatic imine (C=N–C) groups is 1. The summed E-state index contributed by atoms with van der Waals surface area (Å²) in [6, 6.07) is 3.38. The van der Waals surface area contributed by atoms with Crippen LogP contribution < -0.4 is 5.43 Å². The monoisotopic (exact) mass is 145 g/mol. The van der Waals surface area contributed by atoms with Gasteiger partial charge in [0.2, 0.25) is 0 Å². The highest BCUT2D eigenvalue weighted by atomic mass is 15.3. The second kappa shape index (κ2) is 3.14. The van der Waals surface area contributed by atoms with E-state index in [1.807, 2.05) is 0 Å². The summed E-state index contributed by atoms with van der Waals surface area (Å²) < 4.78 is 0. The fourth-order valence-corrected chi connectivity index (χ4v) is 0.520. The summed E-state index contributed by atoms with van der Waals surface area (Å²) in [7, 11) is 0. The number of hydrogen-bond donors (Lipinski definition) is 1. The molecule has 0 aliphatic carbocycles. The Kier molecular flexibility index (Phi) is 1.99. The summed E-state index contributed by atoms with van der Waals surface area (Å²) in [5.41, 5.74) is 2.36. The van der Waals surface area contributed by atoms with Crippen molar-refractivity contribution in [1.29, 1.82) is 10.5 Å². The van der Waals surface area contributed by atoms with E-state index in [4.69, 9.17) is 10.5 Å². The normalized spacial score (nSPS) is 13.1. The van der Waals surface area contributed by atoms with E-state index in [1.165, 1.54) is 12.4 Å². The standard InChI is InChI=1S/C6H3N5/c7-3-5(4-8)6-9-1-2-10-11-6/h1-2,11H. The van der Waals surface area contributed by atoms with Crippen molar-refractivity contribution < 1.29 is 0 Å².